The van der Waals surface area contributed by atoms with Gasteiger partial charge in [0.05, 0.1) is 17.7 Å². The third-order valence-electron chi connectivity index (χ3n) is 4.51. The zero-order chi connectivity index (χ0) is 21.9. The number of nitrogens with zero attached hydrogens (tertiary/aromatic N) is 1. The van der Waals surface area contributed by atoms with Gasteiger partial charge in [0.15, 0.2) is 5.11 Å². The van der Waals surface area contributed by atoms with Crippen molar-refractivity contribution in [1.29, 1.82) is 0 Å². The van der Waals surface area contributed by atoms with Crippen molar-refractivity contribution in [2.75, 3.05) is 12.4 Å². The number of esters is 1. The Morgan fingerprint density at radius 2 is 1.97 bits per heavy atom. The molecule has 0 bridgehead atoms. The van der Waals surface area contributed by atoms with E-state index in [9.17, 15) is 9.59 Å². The van der Waals surface area contributed by atoms with Gasteiger partial charge in [0.1, 0.15) is 0 Å². The van der Waals surface area contributed by atoms with Gasteiger partial charge in [0.25, 0.3) is 0 Å². The highest BCUT2D eigenvalue weighted by Gasteiger charge is 2.34. The summed E-state index contributed by atoms with van der Waals surface area (Å²) in [6.45, 7) is 11.6. The molecular formula is C22H31N3O3S. The largest absolute Gasteiger partial charge is 0.459 e. The fourth-order valence-electron chi connectivity index (χ4n) is 3.11. The quantitative estimate of drug-likeness (QED) is 0.554. The molecule has 0 aromatic heterocycles. The smallest absolute Gasteiger partial charge is 0.338 e. The van der Waals surface area contributed by atoms with E-state index in [2.05, 4.69) is 10.6 Å². The normalized spacial score (nSPS) is 17.3. The number of allylic oxidation sites excluding steroid dienone is 1. The second kappa shape index (κ2) is 8.95. The SMILES string of the molecule is CC1=C(C(=O)OC(C)C)[C@@H](c2cccc(NC(=O)CC(C)(C)C)c2)NC(=S)N1C. The van der Waals surface area contributed by atoms with Gasteiger partial charge in [-0.2, -0.15) is 0 Å². The first kappa shape index (κ1) is 22.9. The first-order chi connectivity index (χ1) is 13.4. The van der Waals surface area contributed by atoms with Crippen LogP contribution in [0.3, 0.4) is 0 Å². The number of benzene rings is 1. The molecule has 1 atom stereocenters. The molecule has 6 nitrogen and oxygen atoms in total. The van der Waals surface area contributed by atoms with Crippen LogP contribution in [0.4, 0.5) is 5.69 Å². The highest BCUT2D eigenvalue weighted by atomic mass is 32.1. The lowest BCUT2D eigenvalue weighted by Gasteiger charge is -2.35. The predicted molar refractivity (Wildman–Crippen MR) is 119 cm³/mol. The molecular weight excluding hydrogens is 386 g/mol. The maximum absolute atomic E-state index is 12.8. The van der Waals surface area contributed by atoms with Crippen molar-refractivity contribution < 1.29 is 14.3 Å². The minimum Gasteiger partial charge on any atom is -0.459 e. The van der Waals surface area contributed by atoms with Crippen LogP contribution in [-0.4, -0.2) is 35.0 Å². The summed E-state index contributed by atoms with van der Waals surface area (Å²) < 4.78 is 5.47. The summed E-state index contributed by atoms with van der Waals surface area (Å²) in [4.78, 5) is 26.9. The summed E-state index contributed by atoms with van der Waals surface area (Å²) in [5.41, 5.74) is 2.65. The van der Waals surface area contributed by atoms with Crippen LogP contribution >= 0.6 is 12.2 Å². The van der Waals surface area contributed by atoms with E-state index < -0.39 is 6.04 Å². The van der Waals surface area contributed by atoms with Crippen LogP contribution in [0, 0.1) is 5.41 Å². The average Bonchev–Trinajstić information content (AvgIpc) is 2.57. The minimum atomic E-state index is -0.454. The van der Waals surface area contributed by atoms with Crippen molar-refractivity contribution in [3.05, 3.63) is 41.1 Å². The molecule has 1 amide bonds. The number of rotatable bonds is 5. The topological polar surface area (TPSA) is 70.7 Å². The second-order valence-electron chi connectivity index (χ2n) is 8.81. The molecule has 2 rings (SSSR count). The zero-order valence-electron chi connectivity index (χ0n) is 18.3. The number of carbonyl (C=O) groups is 2. The number of nitrogens with one attached hydrogen (secondary N) is 2. The third kappa shape index (κ3) is 6.03. The fourth-order valence-corrected chi connectivity index (χ4v) is 3.37. The molecule has 1 aliphatic rings. The highest BCUT2D eigenvalue weighted by Crippen LogP contribution is 2.32. The summed E-state index contributed by atoms with van der Waals surface area (Å²) in [5.74, 6) is -0.431. The van der Waals surface area contributed by atoms with Gasteiger partial charge in [-0.15, -0.1) is 0 Å². The molecule has 1 aliphatic heterocycles. The van der Waals surface area contributed by atoms with Crippen LogP contribution in [0.25, 0.3) is 0 Å². The Labute approximate surface area is 178 Å². The molecule has 7 heteroatoms. The predicted octanol–water partition coefficient (Wildman–Crippen LogP) is 4.15. The summed E-state index contributed by atoms with van der Waals surface area (Å²) >= 11 is 5.43. The summed E-state index contributed by atoms with van der Waals surface area (Å²) in [5, 5.41) is 6.69. The fraction of sp³-hybridized carbons (Fsp3) is 0.500. The number of hydrogen-bond donors (Lipinski definition) is 2. The van der Waals surface area contributed by atoms with Crippen molar-refractivity contribution in [2.24, 2.45) is 5.41 Å². The van der Waals surface area contributed by atoms with Gasteiger partial charge in [-0.25, -0.2) is 4.79 Å². The molecule has 0 aliphatic carbocycles. The lowest BCUT2D eigenvalue weighted by Crippen LogP contribution is -2.46. The summed E-state index contributed by atoms with van der Waals surface area (Å²) in [7, 11) is 1.81. The van der Waals surface area contributed by atoms with E-state index in [4.69, 9.17) is 17.0 Å². The molecule has 1 heterocycles. The van der Waals surface area contributed by atoms with Crippen LogP contribution < -0.4 is 10.6 Å². The van der Waals surface area contributed by atoms with Gasteiger partial charge in [0, 0.05) is 24.9 Å². The molecule has 0 spiro atoms. The average molecular weight is 418 g/mol. The Morgan fingerprint density at radius 1 is 1.31 bits per heavy atom. The molecule has 2 N–H and O–H groups in total. The number of ether oxygens (including phenoxy) is 1. The summed E-state index contributed by atoms with van der Waals surface area (Å²) in [6, 6.07) is 7.00. The molecule has 0 fully saturated rings. The maximum Gasteiger partial charge on any atom is 0.338 e. The molecule has 29 heavy (non-hydrogen) atoms. The van der Waals surface area contributed by atoms with Gasteiger partial charge in [-0.1, -0.05) is 32.9 Å². The van der Waals surface area contributed by atoms with Crippen LogP contribution in [0.15, 0.2) is 35.5 Å². The van der Waals surface area contributed by atoms with Crippen LogP contribution in [0.2, 0.25) is 0 Å². The highest BCUT2D eigenvalue weighted by molar-refractivity contribution is 7.80. The Balaban J connectivity index is 2.37. The molecule has 0 saturated carbocycles. The van der Waals surface area contributed by atoms with Gasteiger partial charge < -0.3 is 20.3 Å². The number of thiocarbonyl (C=S) groups is 1. The van der Waals surface area contributed by atoms with E-state index in [1.165, 1.54) is 0 Å². The second-order valence-corrected chi connectivity index (χ2v) is 9.19. The molecule has 0 saturated heterocycles. The van der Waals surface area contributed by atoms with Crippen molar-refractivity contribution in [1.82, 2.24) is 10.2 Å². The Morgan fingerprint density at radius 3 is 2.55 bits per heavy atom. The standard InChI is InChI=1S/C22H31N3O3S/c1-13(2)28-20(27)18-14(3)25(7)21(29)24-19(18)15-9-8-10-16(11-15)23-17(26)12-22(4,5)6/h8-11,13,19H,12H2,1-7H3,(H,23,26)(H,24,29)/t19-/m1/s1. The van der Waals surface area contributed by atoms with Gasteiger partial charge in [-0.05, 0) is 56.1 Å². The van der Waals surface area contributed by atoms with E-state index >= 15 is 0 Å². The molecule has 158 valence electrons. The molecule has 1 aromatic rings. The van der Waals surface area contributed by atoms with Gasteiger partial charge in [0.2, 0.25) is 5.91 Å². The van der Waals surface area contributed by atoms with Crippen LogP contribution in [-0.2, 0) is 14.3 Å². The van der Waals surface area contributed by atoms with E-state index in [0.717, 1.165) is 11.3 Å². The van der Waals surface area contributed by atoms with Crippen molar-refractivity contribution in [3.8, 4) is 0 Å². The molecule has 0 unspecified atom stereocenters. The molecule has 1 aromatic carbocycles. The Kier molecular flexibility index (Phi) is 7.06. The van der Waals surface area contributed by atoms with Crippen molar-refractivity contribution in [2.45, 2.75) is 60.1 Å². The van der Waals surface area contributed by atoms with E-state index in [1.807, 2.05) is 72.9 Å². The number of amides is 1. The van der Waals surface area contributed by atoms with E-state index in [0.29, 0.717) is 22.8 Å². The number of anilines is 1. The minimum absolute atomic E-state index is 0.0485. The molecule has 0 radical (unpaired) electrons. The Bertz CT molecular complexity index is 840. The lowest BCUT2D eigenvalue weighted by molar-refractivity contribution is -0.143. The third-order valence-corrected chi connectivity index (χ3v) is 4.90. The first-order valence-electron chi connectivity index (χ1n) is 9.75. The first-order valence-corrected chi connectivity index (χ1v) is 10.2. The van der Waals surface area contributed by atoms with Crippen molar-refractivity contribution in [3.63, 3.8) is 0 Å². The van der Waals surface area contributed by atoms with Gasteiger partial charge in [-0.3, -0.25) is 4.79 Å². The van der Waals surface area contributed by atoms with Gasteiger partial charge >= 0.3 is 5.97 Å². The van der Waals surface area contributed by atoms with E-state index in [1.54, 1.807) is 4.90 Å². The number of carbonyl (C=O) groups excluding carboxylic acids is 2. The zero-order valence-corrected chi connectivity index (χ0v) is 19.1. The maximum atomic E-state index is 12.8. The van der Waals surface area contributed by atoms with Crippen LogP contribution in [0.1, 0.15) is 59.6 Å². The Hall–Kier alpha value is -2.41. The van der Waals surface area contributed by atoms with Crippen LogP contribution in [0.5, 0.6) is 0 Å². The summed E-state index contributed by atoms with van der Waals surface area (Å²) in [6.07, 6.45) is 0.185. The monoisotopic (exact) mass is 417 g/mol. The lowest BCUT2D eigenvalue weighted by atomic mass is 9.92. The van der Waals surface area contributed by atoms with Crippen molar-refractivity contribution >= 4 is 34.9 Å². The van der Waals surface area contributed by atoms with E-state index in [-0.39, 0.29) is 23.4 Å². The number of hydrogen-bond acceptors (Lipinski definition) is 4.